The van der Waals surface area contributed by atoms with E-state index in [1.165, 1.54) is 12.1 Å². The highest BCUT2D eigenvalue weighted by Gasteiger charge is 2.14. The summed E-state index contributed by atoms with van der Waals surface area (Å²) in [5.74, 6) is -0.537. The average Bonchev–Trinajstić information content (AvgIpc) is 2.64. The van der Waals surface area contributed by atoms with Gasteiger partial charge in [-0.3, -0.25) is 4.79 Å². The summed E-state index contributed by atoms with van der Waals surface area (Å²) in [6, 6.07) is 10.6. The van der Waals surface area contributed by atoms with Crippen molar-refractivity contribution < 1.29 is 14.3 Å². The second-order valence-corrected chi connectivity index (χ2v) is 6.73. The Bertz CT molecular complexity index is 1100. The van der Waals surface area contributed by atoms with E-state index in [0.717, 1.165) is 23.1 Å². The predicted molar refractivity (Wildman–Crippen MR) is 108 cm³/mol. The largest absolute Gasteiger partial charge is 0.478 e. The van der Waals surface area contributed by atoms with Crippen molar-refractivity contribution >= 4 is 29.1 Å². The van der Waals surface area contributed by atoms with Gasteiger partial charge in [-0.15, -0.1) is 0 Å². The molecule has 0 aliphatic heterocycles. The number of aromatic carboxylic acids is 1. The van der Waals surface area contributed by atoms with Crippen LogP contribution in [0.2, 0.25) is 0 Å². The van der Waals surface area contributed by atoms with E-state index in [1.807, 2.05) is 32.9 Å². The molecule has 0 unspecified atom stereocenters. The van der Waals surface area contributed by atoms with Crippen LogP contribution in [0.3, 0.4) is 0 Å². The minimum Gasteiger partial charge on any atom is -0.478 e. The van der Waals surface area contributed by atoms with E-state index in [1.54, 1.807) is 6.07 Å². The topological polar surface area (TPSA) is 67.5 Å². The lowest BCUT2D eigenvalue weighted by molar-refractivity contribution is 0.0697. The quantitative estimate of drug-likeness (QED) is 0.675. The maximum Gasteiger partial charge on any atom is 0.335 e. The Labute approximate surface area is 157 Å². The van der Waals surface area contributed by atoms with Crippen LogP contribution < -0.4 is 5.43 Å². The van der Waals surface area contributed by atoms with Gasteiger partial charge in [0.15, 0.2) is 5.43 Å². The van der Waals surface area contributed by atoms with Gasteiger partial charge in [-0.2, -0.15) is 0 Å². The summed E-state index contributed by atoms with van der Waals surface area (Å²) in [7, 11) is 0. The van der Waals surface area contributed by atoms with Crippen LogP contribution in [0.15, 0.2) is 45.6 Å². The van der Waals surface area contributed by atoms with Crippen LogP contribution in [0.4, 0.5) is 0 Å². The van der Waals surface area contributed by atoms with E-state index in [9.17, 15) is 14.7 Å². The Morgan fingerprint density at radius 2 is 1.89 bits per heavy atom. The van der Waals surface area contributed by atoms with Gasteiger partial charge in [-0.25, -0.2) is 4.79 Å². The van der Waals surface area contributed by atoms with Crippen molar-refractivity contribution in [2.45, 2.75) is 33.6 Å². The summed E-state index contributed by atoms with van der Waals surface area (Å²) in [4.78, 5) is 24.2. The number of hydrogen-bond donors (Lipinski definition) is 1. The fourth-order valence-corrected chi connectivity index (χ4v) is 3.11. The van der Waals surface area contributed by atoms with Crippen molar-refractivity contribution in [1.29, 1.82) is 0 Å². The molecule has 3 rings (SSSR count). The zero-order valence-corrected chi connectivity index (χ0v) is 15.7. The minimum absolute atomic E-state index is 0.0796. The van der Waals surface area contributed by atoms with Crippen LogP contribution in [0.5, 0.6) is 0 Å². The molecule has 3 aromatic rings. The Morgan fingerprint density at radius 3 is 2.59 bits per heavy atom. The molecule has 1 aromatic heterocycles. The van der Waals surface area contributed by atoms with E-state index in [0.29, 0.717) is 28.7 Å². The lowest BCUT2D eigenvalue weighted by atomic mass is 10.0. The van der Waals surface area contributed by atoms with E-state index in [4.69, 9.17) is 4.42 Å². The maximum absolute atomic E-state index is 13.0. The van der Waals surface area contributed by atoms with E-state index < -0.39 is 5.97 Å². The summed E-state index contributed by atoms with van der Waals surface area (Å²) < 4.78 is 5.97. The van der Waals surface area contributed by atoms with Crippen LogP contribution in [0.25, 0.3) is 23.1 Å². The highest BCUT2D eigenvalue weighted by Crippen LogP contribution is 2.21. The number of fused-ring (bicyclic) bond motifs is 1. The summed E-state index contributed by atoms with van der Waals surface area (Å²) in [5, 5.41) is 9.48. The standard InChI is InChI=1S/C23H22O4/c1-4-5-18-20(10-8-16-12-14(2)6-7-15(16)3)27-21-11-9-17(23(25)26)13-19(21)22(18)24/h6-13H,4-5H2,1-3H3,(H,25,26). The number of carboxylic acids is 1. The van der Waals surface area contributed by atoms with Gasteiger partial charge >= 0.3 is 5.97 Å². The molecule has 138 valence electrons. The first kappa shape index (κ1) is 18.6. The molecule has 2 aromatic carbocycles. The molecule has 0 saturated heterocycles. The second-order valence-electron chi connectivity index (χ2n) is 6.73. The van der Waals surface area contributed by atoms with Crippen LogP contribution >= 0.6 is 0 Å². The molecule has 0 radical (unpaired) electrons. The van der Waals surface area contributed by atoms with Crippen molar-refractivity contribution in [3.05, 3.63) is 80.2 Å². The molecule has 4 heteroatoms. The molecular weight excluding hydrogens is 340 g/mol. The maximum atomic E-state index is 13.0. The number of benzene rings is 2. The molecule has 0 aliphatic carbocycles. The number of hydrogen-bond acceptors (Lipinski definition) is 3. The third kappa shape index (κ3) is 3.85. The van der Waals surface area contributed by atoms with Crippen molar-refractivity contribution in [2.75, 3.05) is 0 Å². The Kier molecular flexibility index (Phi) is 5.26. The normalized spacial score (nSPS) is 11.4. The van der Waals surface area contributed by atoms with Crippen LogP contribution in [0, 0.1) is 13.8 Å². The van der Waals surface area contributed by atoms with Crippen molar-refractivity contribution in [3.8, 4) is 0 Å². The Morgan fingerprint density at radius 1 is 1.11 bits per heavy atom. The van der Waals surface area contributed by atoms with Gasteiger partial charge in [-0.1, -0.05) is 43.2 Å². The van der Waals surface area contributed by atoms with Gasteiger partial charge in [-0.05, 0) is 55.7 Å². The molecule has 0 fully saturated rings. The summed E-state index contributed by atoms with van der Waals surface area (Å²) in [6.45, 7) is 6.07. The molecule has 0 aliphatic rings. The number of carboxylic acid groups (broad SMARTS) is 1. The highest BCUT2D eigenvalue weighted by atomic mass is 16.4. The van der Waals surface area contributed by atoms with Gasteiger partial charge < -0.3 is 9.52 Å². The number of rotatable bonds is 5. The zero-order valence-electron chi connectivity index (χ0n) is 15.7. The smallest absolute Gasteiger partial charge is 0.335 e. The van der Waals surface area contributed by atoms with Gasteiger partial charge in [0.05, 0.1) is 10.9 Å². The van der Waals surface area contributed by atoms with Gasteiger partial charge in [0, 0.05) is 5.56 Å². The first-order valence-corrected chi connectivity index (χ1v) is 8.99. The predicted octanol–water partition coefficient (Wildman–Crippen LogP) is 5.23. The Balaban J connectivity index is 2.16. The Hall–Kier alpha value is -3.14. The zero-order chi connectivity index (χ0) is 19.6. The van der Waals surface area contributed by atoms with Crippen LogP contribution in [-0.2, 0) is 6.42 Å². The second kappa shape index (κ2) is 7.62. The molecule has 27 heavy (non-hydrogen) atoms. The molecule has 0 atom stereocenters. The monoisotopic (exact) mass is 362 g/mol. The van der Waals surface area contributed by atoms with Crippen molar-refractivity contribution in [3.63, 3.8) is 0 Å². The molecule has 0 saturated carbocycles. The van der Waals surface area contributed by atoms with Crippen LogP contribution in [-0.4, -0.2) is 11.1 Å². The van der Waals surface area contributed by atoms with E-state index in [2.05, 4.69) is 18.2 Å². The molecule has 1 heterocycles. The summed E-state index contributed by atoms with van der Waals surface area (Å²) in [5.41, 5.74) is 4.26. The number of aryl methyl sites for hydroxylation is 2. The van der Waals surface area contributed by atoms with E-state index >= 15 is 0 Å². The van der Waals surface area contributed by atoms with Gasteiger partial charge in [0.25, 0.3) is 0 Å². The summed E-state index contributed by atoms with van der Waals surface area (Å²) in [6.07, 6.45) is 5.15. The third-order valence-corrected chi connectivity index (χ3v) is 4.61. The van der Waals surface area contributed by atoms with E-state index in [-0.39, 0.29) is 11.0 Å². The average molecular weight is 362 g/mol. The molecule has 0 amide bonds. The fourth-order valence-electron chi connectivity index (χ4n) is 3.11. The lowest BCUT2D eigenvalue weighted by Crippen LogP contribution is -2.12. The first-order chi connectivity index (χ1) is 12.9. The number of carbonyl (C=O) groups is 1. The highest BCUT2D eigenvalue weighted by molar-refractivity contribution is 5.93. The van der Waals surface area contributed by atoms with Crippen molar-refractivity contribution in [1.82, 2.24) is 0 Å². The van der Waals surface area contributed by atoms with Crippen molar-refractivity contribution in [2.24, 2.45) is 0 Å². The van der Waals surface area contributed by atoms with Gasteiger partial charge in [0.2, 0.25) is 0 Å². The fraction of sp³-hybridized carbons (Fsp3) is 0.217. The SMILES string of the molecule is CCCc1c(C=Cc2cc(C)ccc2C)oc2ccc(C(=O)O)cc2c1=O. The first-order valence-electron chi connectivity index (χ1n) is 8.99. The lowest BCUT2D eigenvalue weighted by Gasteiger charge is -2.08. The third-order valence-electron chi connectivity index (χ3n) is 4.61. The van der Waals surface area contributed by atoms with Gasteiger partial charge in [0.1, 0.15) is 11.3 Å². The minimum atomic E-state index is -1.06. The molecular formula is C23H22O4. The molecule has 4 nitrogen and oxygen atoms in total. The molecule has 0 bridgehead atoms. The van der Waals surface area contributed by atoms with Crippen LogP contribution in [0.1, 0.15) is 51.7 Å². The molecule has 1 N–H and O–H groups in total. The molecule has 0 spiro atoms. The summed E-state index contributed by atoms with van der Waals surface area (Å²) >= 11 is 0.